The van der Waals surface area contributed by atoms with Crippen LogP contribution in [-0.2, 0) is 10.0 Å². The van der Waals surface area contributed by atoms with Crippen molar-refractivity contribution in [1.82, 2.24) is 9.62 Å². The lowest BCUT2D eigenvalue weighted by molar-refractivity contribution is 0.298. The molecule has 0 aliphatic carbocycles. The maximum Gasteiger partial charge on any atom is 0.243 e. The van der Waals surface area contributed by atoms with E-state index < -0.39 is 10.0 Å². The molecule has 0 aromatic heterocycles. The fourth-order valence-corrected chi connectivity index (χ4v) is 4.60. The molecule has 1 aromatic rings. The summed E-state index contributed by atoms with van der Waals surface area (Å²) >= 11 is 6.07. The van der Waals surface area contributed by atoms with Gasteiger partial charge in [-0.2, -0.15) is 4.31 Å². The molecule has 7 heteroatoms. The Balaban J connectivity index is 2.30. The van der Waals surface area contributed by atoms with Crippen molar-refractivity contribution in [3.05, 3.63) is 22.7 Å². The van der Waals surface area contributed by atoms with Crippen molar-refractivity contribution in [1.29, 1.82) is 0 Å². The summed E-state index contributed by atoms with van der Waals surface area (Å²) in [4.78, 5) is 0.260. The number of hydrogen-bond acceptors (Lipinski definition) is 4. The van der Waals surface area contributed by atoms with E-state index >= 15 is 0 Å². The van der Waals surface area contributed by atoms with Gasteiger partial charge in [-0.15, -0.1) is 0 Å². The SMILES string of the molecule is CNC1CCN(S(=O)(=O)c2cc(Cl)c(OC)cc2C)CC1. The highest BCUT2D eigenvalue weighted by molar-refractivity contribution is 7.89. The molecule has 0 saturated carbocycles. The number of halogens is 1. The van der Waals surface area contributed by atoms with Gasteiger partial charge in [-0.3, -0.25) is 0 Å². The molecule has 0 unspecified atom stereocenters. The molecule has 1 aliphatic heterocycles. The van der Waals surface area contributed by atoms with Crippen LogP contribution in [-0.4, -0.2) is 46.0 Å². The lowest BCUT2D eigenvalue weighted by Gasteiger charge is -2.31. The molecule has 0 spiro atoms. The summed E-state index contributed by atoms with van der Waals surface area (Å²) in [5.41, 5.74) is 0.645. The van der Waals surface area contributed by atoms with Gasteiger partial charge < -0.3 is 10.1 Å². The smallest absolute Gasteiger partial charge is 0.243 e. The first kappa shape index (κ1) is 16.5. The minimum atomic E-state index is -3.51. The van der Waals surface area contributed by atoms with E-state index in [9.17, 15) is 8.42 Å². The topological polar surface area (TPSA) is 58.6 Å². The lowest BCUT2D eigenvalue weighted by Crippen LogP contribution is -2.44. The third-order valence-electron chi connectivity index (χ3n) is 3.93. The van der Waals surface area contributed by atoms with Gasteiger partial charge in [0.1, 0.15) is 5.75 Å². The Morgan fingerprint density at radius 2 is 1.95 bits per heavy atom. The summed E-state index contributed by atoms with van der Waals surface area (Å²) in [6.07, 6.45) is 1.64. The van der Waals surface area contributed by atoms with Crippen LogP contribution in [0.2, 0.25) is 5.02 Å². The predicted octanol–water partition coefficient (Wildman–Crippen LogP) is 2.03. The maximum atomic E-state index is 12.8. The van der Waals surface area contributed by atoms with Gasteiger partial charge in [-0.05, 0) is 44.5 Å². The quantitative estimate of drug-likeness (QED) is 0.916. The van der Waals surface area contributed by atoms with E-state index in [4.69, 9.17) is 16.3 Å². The van der Waals surface area contributed by atoms with E-state index in [2.05, 4.69) is 5.32 Å². The first-order valence-corrected chi connectivity index (χ1v) is 8.73. The largest absolute Gasteiger partial charge is 0.495 e. The monoisotopic (exact) mass is 332 g/mol. The molecule has 0 radical (unpaired) electrons. The number of hydrogen-bond donors (Lipinski definition) is 1. The highest BCUT2D eigenvalue weighted by atomic mass is 35.5. The summed E-state index contributed by atoms with van der Waals surface area (Å²) in [6, 6.07) is 3.53. The molecule has 118 valence electrons. The zero-order chi connectivity index (χ0) is 15.6. The van der Waals surface area contributed by atoms with Gasteiger partial charge in [0.25, 0.3) is 0 Å². The van der Waals surface area contributed by atoms with E-state index in [1.54, 1.807) is 13.0 Å². The van der Waals surface area contributed by atoms with Crippen molar-refractivity contribution in [2.24, 2.45) is 0 Å². The summed E-state index contributed by atoms with van der Waals surface area (Å²) in [7, 11) is -0.0900. The predicted molar refractivity (Wildman–Crippen MR) is 83.6 cm³/mol. The normalized spacial score (nSPS) is 17.9. The van der Waals surface area contributed by atoms with Gasteiger partial charge in [0.05, 0.1) is 17.0 Å². The summed E-state index contributed by atoms with van der Waals surface area (Å²) < 4.78 is 32.2. The average molecular weight is 333 g/mol. The zero-order valence-electron chi connectivity index (χ0n) is 12.5. The third kappa shape index (κ3) is 3.34. The van der Waals surface area contributed by atoms with Crippen LogP contribution < -0.4 is 10.1 Å². The summed E-state index contributed by atoms with van der Waals surface area (Å²) in [5, 5.41) is 3.50. The molecule has 0 bridgehead atoms. The molecule has 1 aromatic carbocycles. The number of ether oxygens (including phenoxy) is 1. The molecular formula is C14H21ClN2O3S. The zero-order valence-corrected chi connectivity index (χ0v) is 14.1. The molecule has 2 rings (SSSR count). The van der Waals surface area contributed by atoms with Crippen LogP contribution in [0.3, 0.4) is 0 Å². The molecule has 1 aliphatic rings. The van der Waals surface area contributed by atoms with Crippen molar-refractivity contribution in [2.45, 2.75) is 30.7 Å². The van der Waals surface area contributed by atoms with Crippen LogP contribution >= 0.6 is 11.6 Å². The Morgan fingerprint density at radius 3 is 2.48 bits per heavy atom. The number of rotatable bonds is 4. The fourth-order valence-electron chi connectivity index (χ4n) is 2.60. The highest BCUT2D eigenvalue weighted by Crippen LogP contribution is 2.32. The average Bonchev–Trinajstić information content (AvgIpc) is 2.49. The summed E-state index contributed by atoms with van der Waals surface area (Å²) in [5.74, 6) is 0.488. The molecule has 5 nitrogen and oxygen atoms in total. The Morgan fingerprint density at radius 1 is 1.33 bits per heavy atom. The maximum absolute atomic E-state index is 12.8. The van der Waals surface area contributed by atoms with Crippen LogP contribution in [0.4, 0.5) is 0 Å². The highest BCUT2D eigenvalue weighted by Gasteiger charge is 2.30. The lowest BCUT2D eigenvalue weighted by atomic mass is 10.1. The van der Waals surface area contributed by atoms with E-state index in [1.165, 1.54) is 17.5 Å². The molecule has 1 heterocycles. The second kappa shape index (κ2) is 6.52. The van der Waals surface area contributed by atoms with Gasteiger partial charge in [0.15, 0.2) is 0 Å². The molecule has 0 atom stereocenters. The van der Waals surface area contributed by atoms with E-state index in [-0.39, 0.29) is 4.90 Å². The van der Waals surface area contributed by atoms with Crippen molar-refractivity contribution in [2.75, 3.05) is 27.2 Å². The van der Waals surface area contributed by atoms with Gasteiger partial charge in [-0.25, -0.2) is 8.42 Å². The fraction of sp³-hybridized carbons (Fsp3) is 0.571. The van der Waals surface area contributed by atoms with Crippen molar-refractivity contribution >= 4 is 21.6 Å². The van der Waals surface area contributed by atoms with Crippen LogP contribution in [0.1, 0.15) is 18.4 Å². The standard InChI is InChI=1S/C14H21ClN2O3S/c1-10-8-13(20-3)12(15)9-14(10)21(18,19)17-6-4-11(16-2)5-7-17/h8-9,11,16H,4-7H2,1-3H3. The molecule has 1 saturated heterocycles. The summed E-state index contributed by atoms with van der Waals surface area (Å²) in [6.45, 7) is 2.81. The molecule has 1 N–H and O–H groups in total. The Labute approximate surface area is 131 Å². The second-order valence-electron chi connectivity index (χ2n) is 5.22. The minimum Gasteiger partial charge on any atom is -0.495 e. The Kier molecular flexibility index (Phi) is 5.14. The molecule has 0 amide bonds. The van der Waals surface area contributed by atoms with Crippen LogP contribution in [0, 0.1) is 6.92 Å². The number of piperidine rings is 1. The van der Waals surface area contributed by atoms with Crippen LogP contribution in [0.25, 0.3) is 0 Å². The molecule has 1 fully saturated rings. The molecule has 21 heavy (non-hydrogen) atoms. The van der Waals surface area contributed by atoms with Crippen LogP contribution in [0.5, 0.6) is 5.75 Å². The Hall–Kier alpha value is -0.820. The number of benzene rings is 1. The van der Waals surface area contributed by atoms with Crippen LogP contribution in [0.15, 0.2) is 17.0 Å². The molecular weight excluding hydrogens is 312 g/mol. The number of nitrogens with one attached hydrogen (secondary N) is 1. The van der Waals surface area contributed by atoms with Gasteiger partial charge >= 0.3 is 0 Å². The van der Waals surface area contributed by atoms with Crippen molar-refractivity contribution in [3.8, 4) is 5.75 Å². The number of nitrogens with zero attached hydrogens (tertiary/aromatic N) is 1. The second-order valence-corrected chi connectivity index (χ2v) is 7.53. The van der Waals surface area contributed by atoms with Crippen molar-refractivity contribution in [3.63, 3.8) is 0 Å². The van der Waals surface area contributed by atoms with E-state index in [1.807, 2.05) is 7.05 Å². The van der Waals surface area contributed by atoms with Crippen molar-refractivity contribution < 1.29 is 13.2 Å². The minimum absolute atomic E-state index is 0.260. The van der Waals surface area contributed by atoms with E-state index in [0.717, 1.165) is 12.8 Å². The first-order valence-electron chi connectivity index (χ1n) is 6.91. The Bertz CT molecular complexity index is 611. The van der Waals surface area contributed by atoms with Gasteiger partial charge in [0.2, 0.25) is 10.0 Å². The van der Waals surface area contributed by atoms with Gasteiger partial charge in [-0.1, -0.05) is 11.6 Å². The number of sulfonamides is 1. The van der Waals surface area contributed by atoms with Gasteiger partial charge in [0, 0.05) is 19.1 Å². The third-order valence-corrected chi connectivity index (χ3v) is 6.27. The number of aryl methyl sites for hydroxylation is 1. The van der Waals surface area contributed by atoms with E-state index in [0.29, 0.717) is 35.5 Å². The number of methoxy groups -OCH3 is 1. The first-order chi connectivity index (χ1) is 9.90.